The van der Waals surface area contributed by atoms with Crippen LogP contribution in [-0.2, 0) is 0 Å². The van der Waals surface area contributed by atoms with Crippen LogP contribution in [0.4, 0.5) is 0 Å². The molecule has 3 rings (SSSR count). The molecule has 0 heteroatoms. The molecule has 3 aliphatic rings. The first kappa shape index (κ1) is 31.0. The summed E-state index contributed by atoms with van der Waals surface area (Å²) in [5.41, 5.74) is 2.22. The van der Waals surface area contributed by atoms with E-state index >= 15 is 0 Å². The van der Waals surface area contributed by atoms with E-state index < -0.39 is 0 Å². The Hall–Kier alpha value is 0. The van der Waals surface area contributed by atoms with E-state index in [9.17, 15) is 0 Å². The molecule has 0 nitrogen and oxygen atoms in total. The van der Waals surface area contributed by atoms with E-state index in [0.29, 0.717) is 21.7 Å². The fourth-order valence-electron chi connectivity index (χ4n) is 6.91. The predicted molar refractivity (Wildman–Crippen MR) is 152 cm³/mol. The molecule has 0 aromatic heterocycles. The summed E-state index contributed by atoms with van der Waals surface area (Å²) in [7, 11) is 0. The summed E-state index contributed by atoms with van der Waals surface area (Å²) < 4.78 is 0. The minimum absolute atomic E-state index is 0.507. The van der Waals surface area contributed by atoms with Crippen molar-refractivity contribution in [3.63, 3.8) is 0 Å². The fraction of sp³-hybridized carbons (Fsp3) is 1.00. The molecule has 0 spiro atoms. The monoisotopic (exact) mass is 463 g/mol. The molecule has 3 fully saturated rings. The van der Waals surface area contributed by atoms with Gasteiger partial charge in [-0.25, -0.2) is 0 Å². The van der Waals surface area contributed by atoms with Crippen LogP contribution in [0.1, 0.15) is 167 Å². The van der Waals surface area contributed by atoms with Crippen LogP contribution < -0.4 is 0 Å². The molecule has 3 aliphatic carbocycles. The molecule has 0 aromatic carbocycles. The zero-order valence-corrected chi connectivity index (χ0v) is 25.5. The molecule has 33 heavy (non-hydrogen) atoms. The molecule has 0 aromatic rings. The molecule has 4 unspecified atom stereocenters. The maximum atomic E-state index is 2.46. The highest BCUT2D eigenvalue weighted by Crippen LogP contribution is 2.49. The third kappa shape index (κ3) is 10.7. The summed E-state index contributed by atoms with van der Waals surface area (Å²) in [4.78, 5) is 0. The Labute approximate surface area is 211 Å². The first-order chi connectivity index (χ1) is 15.0. The van der Waals surface area contributed by atoms with Gasteiger partial charge in [0.25, 0.3) is 0 Å². The summed E-state index contributed by atoms with van der Waals surface area (Å²) in [5.74, 6) is 3.89. The van der Waals surface area contributed by atoms with E-state index in [1.165, 1.54) is 83.5 Å². The minimum atomic E-state index is 0.507. The Bertz CT molecular complexity index is 514. The van der Waals surface area contributed by atoms with E-state index in [4.69, 9.17) is 0 Å². The minimum Gasteiger partial charge on any atom is -0.0625 e. The fourth-order valence-corrected chi connectivity index (χ4v) is 6.91. The van der Waals surface area contributed by atoms with Crippen molar-refractivity contribution >= 4 is 0 Å². The van der Waals surface area contributed by atoms with Gasteiger partial charge in [-0.3, -0.25) is 0 Å². The second-order valence-corrected chi connectivity index (χ2v) is 15.9. The van der Waals surface area contributed by atoms with Gasteiger partial charge in [-0.2, -0.15) is 0 Å². The van der Waals surface area contributed by atoms with Gasteiger partial charge in [0.15, 0.2) is 0 Å². The average Bonchev–Trinajstić information content (AvgIpc) is 2.68. The second kappa shape index (κ2) is 12.8. The first-order valence-corrected chi connectivity index (χ1v) is 15.0. The number of rotatable bonds is 0. The van der Waals surface area contributed by atoms with Crippen molar-refractivity contribution in [3.8, 4) is 0 Å². The summed E-state index contributed by atoms with van der Waals surface area (Å²) in [6.07, 6.45) is 19.0. The van der Waals surface area contributed by atoms with Crippen LogP contribution in [0.25, 0.3) is 0 Å². The van der Waals surface area contributed by atoms with Crippen molar-refractivity contribution in [1.82, 2.24) is 0 Å². The van der Waals surface area contributed by atoms with Crippen LogP contribution in [0, 0.1) is 45.3 Å². The smallest absolute Gasteiger partial charge is 0.0277 e. The molecule has 0 aliphatic heterocycles. The van der Waals surface area contributed by atoms with Crippen LogP contribution in [0.5, 0.6) is 0 Å². The lowest BCUT2D eigenvalue weighted by atomic mass is 9.61. The van der Waals surface area contributed by atoms with Crippen LogP contribution in [0.3, 0.4) is 0 Å². The summed E-state index contributed by atoms with van der Waals surface area (Å²) >= 11 is 0. The standard InChI is InChI=1S/3C11H22/c1-9-6-5-7-10(8-9)11(2,3)4;1-10(2,3)11(4)8-6-5-7-9-11;1-9-7-5-6-8-10(9)11(2,3)4/h9-10H,5-8H2,1-4H3;5-9H2,1-4H3;9-10H,5-8H2,1-4H3. The van der Waals surface area contributed by atoms with Crippen molar-refractivity contribution in [2.45, 2.75) is 167 Å². The molecular formula is C33H66. The number of hydrogen-bond acceptors (Lipinski definition) is 0. The third-order valence-corrected chi connectivity index (χ3v) is 10.2. The van der Waals surface area contributed by atoms with Crippen LogP contribution >= 0.6 is 0 Å². The van der Waals surface area contributed by atoms with Crippen molar-refractivity contribution < 1.29 is 0 Å². The molecule has 0 N–H and O–H groups in total. The topological polar surface area (TPSA) is 0 Å². The van der Waals surface area contributed by atoms with Crippen LogP contribution in [-0.4, -0.2) is 0 Å². The van der Waals surface area contributed by atoms with Gasteiger partial charge in [-0.05, 0) is 77.4 Å². The van der Waals surface area contributed by atoms with Crippen LogP contribution in [0.15, 0.2) is 0 Å². The van der Waals surface area contributed by atoms with E-state index in [0.717, 1.165) is 23.7 Å². The zero-order valence-electron chi connectivity index (χ0n) is 25.5. The van der Waals surface area contributed by atoms with Crippen molar-refractivity contribution in [2.75, 3.05) is 0 Å². The summed E-state index contributed by atoms with van der Waals surface area (Å²) in [6, 6.07) is 0. The van der Waals surface area contributed by atoms with Crippen molar-refractivity contribution in [3.05, 3.63) is 0 Å². The van der Waals surface area contributed by atoms with Crippen LogP contribution in [0.2, 0.25) is 0 Å². The highest BCUT2D eigenvalue weighted by molar-refractivity contribution is 4.88. The van der Waals surface area contributed by atoms with Gasteiger partial charge in [0.1, 0.15) is 0 Å². The molecule has 0 bridgehead atoms. The van der Waals surface area contributed by atoms with E-state index in [2.05, 4.69) is 83.1 Å². The molecule has 0 amide bonds. The number of hydrogen-bond donors (Lipinski definition) is 0. The van der Waals surface area contributed by atoms with Gasteiger partial charge < -0.3 is 0 Å². The van der Waals surface area contributed by atoms with E-state index in [-0.39, 0.29) is 0 Å². The van der Waals surface area contributed by atoms with E-state index in [1.54, 1.807) is 0 Å². The largest absolute Gasteiger partial charge is 0.0625 e. The first-order valence-electron chi connectivity index (χ1n) is 15.0. The van der Waals surface area contributed by atoms with Gasteiger partial charge in [0.05, 0.1) is 0 Å². The van der Waals surface area contributed by atoms with Gasteiger partial charge >= 0.3 is 0 Å². The van der Waals surface area contributed by atoms with Crippen molar-refractivity contribution in [2.24, 2.45) is 45.3 Å². The van der Waals surface area contributed by atoms with E-state index in [1.807, 2.05) is 0 Å². The molecular weight excluding hydrogens is 396 g/mol. The molecule has 3 saturated carbocycles. The quantitative estimate of drug-likeness (QED) is 0.335. The maximum absolute atomic E-state index is 2.46. The summed E-state index contributed by atoms with van der Waals surface area (Å²) in [5, 5.41) is 0. The van der Waals surface area contributed by atoms with Gasteiger partial charge in [0.2, 0.25) is 0 Å². The second-order valence-electron chi connectivity index (χ2n) is 15.9. The Morgan fingerprint density at radius 2 is 1.12 bits per heavy atom. The highest BCUT2D eigenvalue weighted by atomic mass is 14.4. The Kier molecular flexibility index (Phi) is 12.0. The zero-order chi connectivity index (χ0) is 25.5. The van der Waals surface area contributed by atoms with Gasteiger partial charge in [-0.15, -0.1) is 0 Å². The lowest BCUT2D eigenvalue weighted by Gasteiger charge is -2.45. The Morgan fingerprint density at radius 3 is 1.45 bits per heavy atom. The molecule has 198 valence electrons. The summed E-state index contributed by atoms with van der Waals surface area (Å²) in [6.45, 7) is 28.8. The van der Waals surface area contributed by atoms with Gasteiger partial charge in [-0.1, -0.05) is 134 Å². The third-order valence-electron chi connectivity index (χ3n) is 10.2. The maximum Gasteiger partial charge on any atom is -0.0277 e. The highest BCUT2D eigenvalue weighted by Gasteiger charge is 2.37. The molecule has 0 heterocycles. The molecule has 4 atom stereocenters. The van der Waals surface area contributed by atoms with Gasteiger partial charge in [0, 0.05) is 0 Å². The molecule has 0 radical (unpaired) electrons. The molecule has 0 saturated heterocycles. The lowest BCUT2D eigenvalue weighted by molar-refractivity contribution is 0.0601. The normalized spacial score (nSPS) is 30.9. The predicted octanol–water partition coefficient (Wildman–Crippen LogP) is 11.7. The Morgan fingerprint density at radius 1 is 0.576 bits per heavy atom. The lowest BCUT2D eigenvalue weighted by Crippen LogP contribution is -2.34. The SMILES string of the molecule is CC(C)(C)C1(C)CCCCC1.CC1CCCC(C(C)(C)C)C1.CC1CCCCC1C(C)(C)C. The Balaban J connectivity index is 0.000000247. The average molecular weight is 463 g/mol. The van der Waals surface area contributed by atoms with Crippen molar-refractivity contribution in [1.29, 1.82) is 0 Å².